The van der Waals surface area contributed by atoms with Crippen molar-refractivity contribution in [3.8, 4) is 0 Å². The molecule has 162 valence electrons. The zero-order chi connectivity index (χ0) is 21.9. The lowest BCUT2D eigenvalue weighted by Gasteiger charge is -2.31. The fourth-order valence-corrected chi connectivity index (χ4v) is 4.42. The SMILES string of the molecule is CC[C@@H](C(=O)NC(C)C)N(CCc1ccccc1)C(=O)CSCc1ccccc1Cl. The number of nitrogens with zero attached hydrogens (tertiary/aromatic N) is 1. The van der Waals surface area contributed by atoms with Crippen LogP contribution in [0.25, 0.3) is 0 Å². The molecule has 0 fully saturated rings. The molecular formula is C24H31ClN2O2S. The summed E-state index contributed by atoms with van der Waals surface area (Å²) >= 11 is 7.75. The van der Waals surface area contributed by atoms with E-state index in [9.17, 15) is 9.59 Å². The van der Waals surface area contributed by atoms with Crippen molar-refractivity contribution in [1.82, 2.24) is 10.2 Å². The van der Waals surface area contributed by atoms with Crippen LogP contribution < -0.4 is 5.32 Å². The van der Waals surface area contributed by atoms with Crippen molar-refractivity contribution < 1.29 is 9.59 Å². The van der Waals surface area contributed by atoms with Gasteiger partial charge in [-0.25, -0.2) is 0 Å². The van der Waals surface area contributed by atoms with E-state index in [4.69, 9.17) is 11.6 Å². The zero-order valence-corrected chi connectivity index (χ0v) is 19.5. The third-order valence-corrected chi connectivity index (χ3v) is 6.08. The highest BCUT2D eigenvalue weighted by atomic mass is 35.5. The third-order valence-electron chi connectivity index (χ3n) is 4.74. The lowest BCUT2D eigenvalue weighted by Crippen LogP contribution is -2.51. The summed E-state index contributed by atoms with van der Waals surface area (Å²) in [6.07, 6.45) is 1.29. The number of halogens is 1. The Balaban J connectivity index is 2.06. The average molecular weight is 447 g/mol. The van der Waals surface area contributed by atoms with Gasteiger partial charge >= 0.3 is 0 Å². The van der Waals surface area contributed by atoms with Crippen LogP contribution in [0.15, 0.2) is 54.6 Å². The molecule has 2 aromatic rings. The molecule has 1 atom stereocenters. The number of amides is 2. The number of carbonyl (C=O) groups excluding carboxylic acids is 2. The predicted molar refractivity (Wildman–Crippen MR) is 127 cm³/mol. The van der Waals surface area contributed by atoms with E-state index in [1.54, 1.807) is 4.90 Å². The average Bonchev–Trinajstić information content (AvgIpc) is 2.72. The summed E-state index contributed by atoms with van der Waals surface area (Å²) in [5, 5.41) is 3.67. The summed E-state index contributed by atoms with van der Waals surface area (Å²) in [6, 6.07) is 17.3. The van der Waals surface area contributed by atoms with Crippen molar-refractivity contribution in [3.05, 3.63) is 70.7 Å². The number of thioether (sulfide) groups is 1. The molecule has 0 aliphatic carbocycles. The van der Waals surface area contributed by atoms with Crippen molar-refractivity contribution in [2.24, 2.45) is 0 Å². The van der Waals surface area contributed by atoms with Gasteiger partial charge in [-0.1, -0.05) is 67.1 Å². The second-order valence-corrected chi connectivity index (χ2v) is 8.89. The summed E-state index contributed by atoms with van der Waals surface area (Å²) in [4.78, 5) is 27.6. The number of benzene rings is 2. The summed E-state index contributed by atoms with van der Waals surface area (Å²) in [7, 11) is 0. The summed E-state index contributed by atoms with van der Waals surface area (Å²) in [5.41, 5.74) is 2.16. The lowest BCUT2D eigenvalue weighted by atomic mass is 10.1. The summed E-state index contributed by atoms with van der Waals surface area (Å²) in [5.74, 6) is 0.858. The molecule has 1 N–H and O–H groups in total. The Morgan fingerprint density at radius 2 is 1.73 bits per heavy atom. The number of hydrogen-bond donors (Lipinski definition) is 1. The van der Waals surface area contributed by atoms with E-state index in [-0.39, 0.29) is 17.9 Å². The Kier molecular flexibility index (Phi) is 10.2. The number of nitrogens with one attached hydrogen (secondary N) is 1. The first-order valence-electron chi connectivity index (χ1n) is 10.4. The smallest absolute Gasteiger partial charge is 0.242 e. The van der Waals surface area contributed by atoms with Gasteiger partial charge in [-0.05, 0) is 43.9 Å². The van der Waals surface area contributed by atoms with Gasteiger partial charge in [0.15, 0.2) is 0 Å². The van der Waals surface area contributed by atoms with Crippen molar-refractivity contribution in [1.29, 1.82) is 0 Å². The van der Waals surface area contributed by atoms with E-state index in [0.717, 1.165) is 11.1 Å². The van der Waals surface area contributed by atoms with Crippen LogP contribution in [0.1, 0.15) is 38.3 Å². The molecule has 2 amide bonds. The third kappa shape index (κ3) is 7.69. The monoisotopic (exact) mass is 446 g/mol. The molecule has 0 bridgehead atoms. The van der Waals surface area contributed by atoms with Crippen LogP contribution >= 0.6 is 23.4 Å². The van der Waals surface area contributed by atoms with Gasteiger partial charge in [0.05, 0.1) is 5.75 Å². The maximum Gasteiger partial charge on any atom is 0.242 e. The summed E-state index contributed by atoms with van der Waals surface area (Å²) < 4.78 is 0. The number of hydrogen-bond acceptors (Lipinski definition) is 3. The van der Waals surface area contributed by atoms with Crippen molar-refractivity contribution in [2.45, 2.75) is 51.4 Å². The molecular weight excluding hydrogens is 416 g/mol. The van der Waals surface area contributed by atoms with Gasteiger partial charge in [0.1, 0.15) is 6.04 Å². The van der Waals surface area contributed by atoms with Crippen LogP contribution in [0.5, 0.6) is 0 Å². The molecule has 0 aromatic heterocycles. The first-order chi connectivity index (χ1) is 14.4. The molecule has 2 aromatic carbocycles. The van der Waals surface area contributed by atoms with Gasteiger partial charge in [-0.15, -0.1) is 11.8 Å². The first-order valence-corrected chi connectivity index (χ1v) is 11.9. The van der Waals surface area contributed by atoms with Crippen molar-refractivity contribution in [2.75, 3.05) is 12.3 Å². The normalized spacial score (nSPS) is 11.9. The molecule has 0 saturated heterocycles. The van der Waals surface area contributed by atoms with E-state index in [1.807, 2.05) is 75.4 Å². The molecule has 0 heterocycles. The van der Waals surface area contributed by atoms with Gasteiger partial charge in [0.2, 0.25) is 11.8 Å². The van der Waals surface area contributed by atoms with Crippen LogP contribution in [0, 0.1) is 0 Å². The van der Waals surface area contributed by atoms with Gasteiger partial charge < -0.3 is 10.2 Å². The highest BCUT2D eigenvalue weighted by Gasteiger charge is 2.28. The predicted octanol–water partition coefficient (Wildman–Crippen LogP) is 4.95. The molecule has 0 aliphatic heterocycles. The standard InChI is InChI=1S/C24H31ClN2O2S/c1-4-22(24(29)26-18(2)3)27(15-14-19-10-6-5-7-11-19)23(28)17-30-16-20-12-8-9-13-21(20)25/h5-13,18,22H,4,14-17H2,1-3H3,(H,26,29)/t22-/m0/s1. The fraction of sp³-hybridized carbons (Fsp3) is 0.417. The quantitative estimate of drug-likeness (QED) is 0.531. The Morgan fingerprint density at radius 1 is 1.07 bits per heavy atom. The largest absolute Gasteiger partial charge is 0.352 e. The molecule has 0 saturated carbocycles. The Labute approximate surface area is 189 Å². The minimum atomic E-state index is -0.468. The van der Waals surface area contributed by atoms with Gasteiger partial charge in [0, 0.05) is 23.4 Å². The van der Waals surface area contributed by atoms with Crippen LogP contribution in [-0.4, -0.2) is 41.1 Å². The number of rotatable bonds is 11. The van der Waals surface area contributed by atoms with E-state index in [1.165, 1.54) is 11.8 Å². The molecule has 0 aliphatic rings. The van der Waals surface area contributed by atoms with E-state index >= 15 is 0 Å². The molecule has 6 heteroatoms. The molecule has 4 nitrogen and oxygen atoms in total. The van der Waals surface area contributed by atoms with E-state index < -0.39 is 6.04 Å². The van der Waals surface area contributed by atoms with Crippen molar-refractivity contribution >= 4 is 35.2 Å². The molecule has 0 unspecified atom stereocenters. The Morgan fingerprint density at radius 3 is 2.37 bits per heavy atom. The minimum absolute atomic E-state index is 0.0197. The lowest BCUT2D eigenvalue weighted by molar-refractivity contribution is -0.139. The highest BCUT2D eigenvalue weighted by molar-refractivity contribution is 7.99. The van der Waals surface area contributed by atoms with E-state index in [2.05, 4.69) is 5.32 Å². The molecule has 0 spiro atoms. The van der Waals surface area contributed by atoms with Crippen LogP contribution in [0.4, 0.5) is 0 Å². The van der Waals surface area contributed by atoms with Gasteiger partial charge in [0.25, 0.3) is 0 Å². The van der Waals surface area contributed by atoms with Crippen LogP contribution in [0.3, 0.4) is 0 Å². The fourth-order valence-electron chi connectivity index (χ4n) is 3.22. The van der Waals surface area contributed by atoms with Crippen molar-refractivity contribution in [3.63, 3.8) is 0 Å². The maximum absolute atomic E-state index is 13.1. The van der Waals surface area contributed by atoms with Crippen LogP contribution in [-0.2, 0) is 21.8 Å². The highest BCUT2D eigenvalue weighted by Crippen LogP contribution is 2.21. The molecule has 0 radical (unpaired) electrons. The van der Waals surface area contributed by atoms with Gasteiger partial charge in [-0.3, -0.25) is 9.59 Å². The summed E-state index contributed by atoms with van der Waals surface area (Å²) in [6.45, 7) is 6.32. The second kappa shape index (κ2) is 12.7. The minimum Gasteiger partial charge on any atom is -0.352 e. The Bertz CT molecular complexity index is 814. The maximum atomic E-state index is 13.1. The first kappa shape index (κ1) is 24.3. The number of carbonyl (C=O) groups is 2. The topological polar surface area (TPSA) is 49.4 Å². The molecule has 30 heavy (non-hydrogen) atoms. The van der Waals surface area contributed by atoms with Gasteiger partial charge in [-0.2, -0.15) is 0 Å². The second-order valence-electron chi connectivity index (χ2n) is 7.49. The van der Waals surface area contributed by atoms with E-state index in [0.29, 0.717) is 35.9 Å². The zero-order valence-electron chi connectivity index (χ0n) is 17.9. The Hall–Kier alpha value is -1.98. The molecule has 2 rings (SSSR count). The van der Waals surface area contributed by atoms with Crippen LogP contribution in [0.2, 0.25) is 5.02 Å².